The van der Waals surface area contributed by atoms with E-state index in [0.717, 1.165) is 16.7 Å². The molecule has 2 aromatic rings. The molecule has 0 aliphatic carbocycles. The van der Waals surface area contributed by atoms with E-state index in [2.05, 4.69) is 10.6 Å². The zero-order valence-corrected chi connectivity index (χ0v) is 17.8. The van der Waals surface area contributed by atoms with E-state index in [4.69, 9.17) is 9.47 Å². The van der Waals surface area contributed by atoms with Gasteiger partial charge in [-0.05, 0) is 56.0 Å². The Bertz CT molecular complexity index is 862. The zero-order chi connectivity index (χ0) is 21.4. The number of rotatable bonds is 9. The molecule has 0 unspecified atom stereocenters. The number of carbonyl (C=O) groups excluding carboxylic acids is 2. The monoisotopic (exact) mass is 398 g/mol. The predicted octanol–water partition coefficient (Wildman–Crippen LogP) is 3.01. The summed E-state index contributed by atoms with van der Waals surface area (Å²) in [4.78, 5) is 25.2. The van der Waals surface area contributed by atoms with E-state index in [9.17, 15) is 9.59 Å². The summed E-state index contributed by atoms with van der Waals surface area (Å²) < 4.78 is 10.5. The molecule has 0 fully saturated rings. The van der Waals surface area contributed by atoms with Gasteiger partial charge in [-0.3, -0.25) is 9.59 Å². The van der Waals surface area contributed by atoms with Crippen molar-refractivity contribution in [2.24, 2.45) is 5.41 Å². The SMILES string of the molecule is COc1ccc(CCNC(=O)C(C)(C)C(=O)NCc2ccccc2C)cc1OC. The third-order valence-corrected chi connectivity index (χ3v) is 4.98. The minimum atomic E-state index is -1.17. The Hall–Kier alpha value is -3.02. The highest BCUT2D eigenvalue weighted by atomic mass is 16.5. The summed E-state index contributed by atoms with van der Waals surface area (Å²) in [6, 6.07) is 13.5. The average molecular weight is 399 g/mol. The normalized spacial score (nSPS) is 10.9. The Labute approximate surface area is 172 Å². The Morgan fingerprint density at radius 1 is 0.931 bits per heavy atom. The summed E-state index contributed by atoms with van der Waals surface area (Å²) >= 11 is 0. The number of ether oxygens (including phenoxy) is 2. The van der Waals surface area contributed by atoms with E-state index in [1.54, 1.807) is 28.1 Å². The summed E-state index contributed by atoms with van der Waals surface area (Å²) in [5.41, 5.74) is 1.97. The summed E-state index contributed by atoms with van der Waals surface area (Å²) in [6.45, 7) is 6.07. The molecule has 0 saturated heterocycles. The fourth-order valence-corrected chi connectivity index (χ4v) is 2.89. The van der Waals surface area contributed by atoms with E-state index in [0.29, 0.717) is 31.0 Å². The van der Waals surface area contributed by atoms with Crippen LogP contribution in [0.25, 0.3) is 0 Å². The second-order valence-electron chi connectivity index (χ2n) is 7.43. The van der Waals surface area contributed by atoms with E-state index >= 15 is 0 Å². The number of amides is 2. The molecule has 0 heterocycles. The van der Waals surface area contributed by atoms with Crippen LogP contribution >= 0.6 is 0 Å². The predicted molar refractivity (Wildman–Crippen MR) is 113 cm³/mol. The number of nitrogens with one attached hydrogen (secondary N) is 2. The minimum absolute atomic E-state index is 0.302. The molecule has 2 aromatic carbocycles. The molecule has 6 nitrogen and oxygen atoms in total. The Kier molecular flexibility index (Phi) is 7.65. The van der Waals surface area contributed by atoms with Gasteiger partial charge in [-0.2, -0.15) is 0 Å². The average Bonchev–Trinajstić information content (AvgIpc) is 2.72. The molecule has 2 amide bonds. The van der Waals surface area contributed by atoms with Crippen LogP contribution in [0.5, 0.6) is 11.5 Å². The first-order valence-electron chi connectivity index (χ1n) is 9.61. The second-order valence-corrected chi connectivity index (χ2v) is 7.43. The molecule has 2 N–H and O–H groups in total. The van der Waals surface area contributed by atoms with Gasteiger partial charge in [-0.1, -0.05) is 30.3 Å². The van der Waals surface area contributed by atoms with Gasteiger partial charge in [0.1, 0.15) is 5.41 Å². The number of carbonyl (C=O) groups is 2. The van der Waals surface area contributed by atoms with Crippen molar-refractivity contribution in [2.45, 2.75) is 33.7 Å². The maximum atomic E-state index is 12.6. The maximum Gasteiger partial charge on any atom is 0.235 e. The van der Waals surface area contributed by atoms with Crippen molar-refractivity contribution in [3.8, 4) is 11.5 Å². The molecule has 0 spiro atoms. The van der Waals surface area contributed by atoms with Gasteiger partial charge in [0.2, 0.25) is 11.8 Å². The molecule has 2 rings (SSSR count). The molecule has 0 aromatic heterocycles. The van der Waals surface area contributed by atoms with Crippen molar-refractivity contribution in [3.05, 3.63) is 59.2 Å². The van der Waals surface area contributed by atoms with Crippen LogP contribution in [0.3, 0.4) is 0 Å². The van der Waals surface area contributed by atoms with Crippen LogP contribution in [-0.2, 0) is 22.6 Å². The molecule has 156 valence electrons. The van der Waals surface area contributed by atoms with Crippen molar-refractivity contribution in [1.29, 1.82) is 0 Å². The third kappa shape index (κ3) is 5.73. The quantitative estimate of drug-likeness (QED) is 0.637. The van der Waals surface area contributed by atoms with Gasteiger partial charge >= 0.3 is 0 Å². The highest BCUT2D eigenvalue weighted by Gasteiger charge is 2.35. The van der Waals surface area contributed by atoms with E-state index in [-0.39, 0.29) is 11.8 Å². The van der Waals surface area contributed by atoms with Crippen LogP contribution in [0.4, 0.5) is 0 Å². The van der Waals surface area contributed by atoms with Gasteiger partial charge in [0.25, 0.3) is 0 Å². The molecule has 0 bridgehead atoms. The topological polar surface area (TPSA) is 76.7 Å². The molecule has 0 atom stereocenters. The molecular weight excluding hydrogens is 368 g/mol. The Balaban J connectivity index is 1.88. The Morgan fingerprint density at radius 3 is 2.24 bits per heavy atom. The molecule has 0 radical (unpaired) electrons. The molecule has 29 heavy (non-hydrogen) atoms. The van der Waals surface area contributed by atoms with Crippen LogP contribution in [0, 0.1) is 12.3 Å². The second kappa shape index (κ2) is 9.96. The first kappa shape index (κ1) is 22.3. The fourth-order valence-electron chi connectivity index (χ4n) is 2.89. The fraction of sp³-hybridized carbons (Fsp3) is 0.391. The van der Waals surface area contributed by atoms with Crippen LogP contribution < -0.4 is 20.1 Å². The molecule has 0 saturated carbocycles. The van der Waals surface area contributed by atoms with Crippen molar-refractivity contribution >= 4 is 11.8 Å². The van der Waals surface area contributed by atoms with Gasteiger partial charge in [0.15, 0.2) is 11.5 Å². The van der Waals surface area contributed by atoms with Crippen molar-refractivity contribution in [3.63, 3.8) is 0 Å². The number of benzene rings is 2. The smallest absolute Gasteiger partial charge is 0.235 e. The molecular formula is C23H30N2O4. The lowest BCUT2D eigenvalue weighted by molar-refractivity contribution is -0.141. The van der Waals surface area contributed by atoms with Crippen LogP contribution in [0.1, 0.15) is 30.5 Å². The highest BCUT2D eigenvalue weighted by molar-refractivity contribution is 6.04. The first-order valence-corrected chi connectivity index (χ1v) is 9.61. The summed E-state index contributed by atoms with van der Waals surface area (Å²) in [5.74, 6) is 0.698. The van der Waals surface area contributed by atoms with Gasteiger partial charge in [0, 0.05) is 13.1 Å². The van der Waals surface area contributed by atoms with Crippen molar-refractivity contribution < 1.29 is 19.1 Å². The summed E-state index contributed by atoms with van der Waals surface area (Å²) in [5, 5.41) is 5.72. The number of hydrogen-bond acceptors (Lipinski definition) is 4. The van der Waals surface area contributed by atoms with Crippen LogP contribution in [0.2, 0.25) is 0 Å². The summed E-state index contributed by atoms with van der Waals surface area (Å²) in [6.07, 6.45) is 0.618. The van der Waals surface area contributed by atoms with Crippen molar-refractivity contribution in [2.75, 3.05) is 20.8 Å². The van der Waals surface area contributed by atoms with Crippen molar-refractivity contribution in [1.82, 2.24) is 10.6 Å². The number of aryl methyl sites for hydroxylation is 1. The summed E-state index contributed by atoms with van der Waals surface area (Å²) in [7, 11) is 3.17. The lowest BCUT2D eigenvalue weighted by Gasteiger charge is -2.23. The molecule has 6 heteroatoms. The van der Waals surface area contributed by atoms with Crippen LogP contribution in [-0.4, -0.2) is 32.6 Å². The first-order chi connectivity index (χ1) is 13.8. The Morgan fingerprint density at radius 2 is 1.59 bits per heavy atom. The molecule has 0 aliphatic rings. The number of methoxy groups -OCH3 is 2. The van der Waals surface area contributed by atoms with E-state index in [1.165, 1.54) is 0 Å². The third-order valence-electron chi connectivity index (χ3n) is 4.98. The minimum Gasteiger partial charge on any atom is -0.493 e. The van der Waals surface area contributed by atoms with E-state index < -0.39 is 5.41 Å². The van der Waals surface area contributed by atoms with Gasteiger partial charge in [0.05, 0.1) is 14.2 Å². The lowest BCUT2D eigenvalue weighted by atomic mass is 9.90. The van der Waals surface area contributed by atoms with Gasteiger partial charge in [-0.25, -0.2) is 0 Å². The largest absolute Gasteiger partial charge is 0.493 e. The molecule has 0 aliphatic heterocycles. The highest BCUT2D eigenvalue weighted by Crippen LogP contribution is 2.27. The lowest BCUT2D eigenvalue weighted by Crippen LogP contribution is -2.48. The number of hydrogen-bond donors (Lipinski definition) is 2. The van der Waals surface area contributed by atoms with E-state index in [1.807, 2.05) is 49.4 Å². The maximum absolute atomic E-state index is 12.6. The van der Waals surface area contributed by atoms with Gasteiger partial charge < -0.3 is 20.1 Å². The van der Waals surface area contributed by atoms with Crippen LogP contribution in [0.15, 0.2) is 42.5 Å². The van der Waals surface area contributed by atoms with Gasteiger partial charge in [-0.15, -0.1) is 0 Å². The zero-order valence-electron chi connectivity index (χ0n) is 17.8. The standard InChI is InChI=1S/C23H30N2O4/c1-16-8-6-7-9-18(16)15-25-22(27)23(2,3)21(26)24-13-12-17-10-11-19(28-4)20(14-17)29-5/h6-11,14H,12-13,15H2,1-5H3,(H,24,26)(H,25,27).